The first kappa shape index (κ1) is 18.5. The van der Waals surface area contributed by atoms with Gasteiger partial charge in [0.25, 0.3) is 5.91 Å². The summed E-state index contributed by atoms with van der Waals surface area (Å²) in [6.07, 6.45) is 3.43. The van der Waals surface area contributed by atoms with Gasteiger partial charge in [-0.15, -0.1) is 0 Å². The molecule has 1 aromatic heterocycles. The number of carbonyl (C=O) groups excluding carboxylic acids is 2. The summed E-state index contributed by atoms with van der Waals surface area (Å²) in [5.74, 6) is 0.228. The van der Waals surface area contributed by atoms with Gasteiger partial charge in [0.15, 0.2) is 0 Å². The van der Waals surface area contributed by atoms with Crippen LogP contribution in [-0.2, 0) is 11.8 Å². The predicted octanol–water partition coefficient (Wildman–Crippen LogP) is 0.235. The second kappa shape index (κ2) is 8.84. The lowest BCUT2D eigenvalue weighted by molar-refractivity contribution is -0.123. The lowest BCUT2D eigenvalue weighted by Gasteiger charge is -2.14. The number of nitrogens with zero attached hydrogens (tertiary/aromatic N) is 2. The highest BCUT2D eigenvalue weighted by molar-refractivity contribution is 5.94. The highest BCUT2D eigenvalue weighted by Gasteiger charge is 2.19. The first-order valence-corrected chi connectivity index (χ1v) is 7.91. The highest BCUT2D eigenvalue weighted by Crippen LogP contribution is 2.12. The number of amides is 2. The van der Waals surface area contributed by atoms with Gasteiger partial charge >= 0.3 is 0 Å². The average Bonchev–Trinajstić information content (AvgIpc) is 3.05. The molecule has 1 unspecified atom stereocenters. The monoisotopic (exact) mass is 345 g/mol. The first-order valence-electron chi connectivity index (χ1n) is 7.91. The molecule has 8 nitrogen and oxygen atoms in total. The van der Waals surface area contributed by atoms with Gasteiger partial charge in [0, 0.05) is 37.5 Å². The standard InChI is InChI=1S/C17H23N5O3/c1-18-15(13-10-21-22(2)11-13)17(24)20-8-7-19-16(23)12-5-4-6-14(9-12)25-3/h4-6,9-11,15,18H,7-8H2,1-3H3,(H,19,23)(H,20,24). The number of likely N-dealkylation sites (N-methyl/N-ethyl adjacent to an activating group) is 1. The van der Waals surface area contributed by atoms with E-state index in [9.17, 15) is 9.59 Å². The zero-order valence-corrected chi connectivity index (χ0v) is 14.6. The summed E-state index contributed by atoms with van der Waals surface area (Å²) < 4.78 is 6.73. The largest absolute Gasteiger partial charge is 0.497 e. The van der Waals surface area contributed by atoms with Crippen LogP contribution in [0.1, 0.15) is 22.0 Å². The molecular formula is C17H23N5O3. The Hall–Kier alpha value is -2.87. The van der Waals surface area contributed by atoms with Gasteiger partial charge in [-0.3, -0.25) is 14.3 Å². The molecule has 2 aromatic rings. The number of carbonyl (C=O) groups is 2. The summed E-state index contributed by atoms with van der Waals surface area (Å²) in [5, 5.41) is 12.6. The molecule has 0 radical (unpaired) electrons. The summed E-state index contributed by atoms with van der Waals surface area (Å²) in [5.41, 5.74) is 1.29. The third-order valence-electron chi connectivity index (χ3n) is 3.65. The van der Waals surface area contributed by atoms with Crippen LogP contribution >= 0.6 is 0 Å². The molecule has 1 aromatic carbocycles. The van der Waals surface area contributed by atoms with Crippen molar-refractivity contribution in [2.45, 2.75) is 6.04 Å². The van der Waals surface area contributed by atoms with E-state index in [4.69, 9.17) is 4.74 Å². The number of rotatable bonds is 8. The van der Waals surface area contributed by atoms with E-state index in [0.717, 1.165) is 5.56 Å². The van der Waals surface area contributed by atoms with Crippen molar-refractivity contribution >= 4 is 11.8 Å². The molecule has 1 heterocycles. The van der Waals surface area contributed by atoms with Gasteiger partial charge in [0.2, 0.25) is 5.91 Å². The lowest BCUT2D eigenvalue weighted by atomic mass is 10.1. The number of hydrogen-bond donors (Lipinski definition) is 3. The van der Waals surface area contributed by atoms with Crippen molar-refractivity contribution in [2.75, 3.05) is 27.2 Å². The molecule has 0 aliphatic carbocycles. The van der Waals surface area contributed by atoms with E-state index in [1.807, 2.05) is 0 Å². The number of ether oxygens (including phenoxy) is 1. The molecule has 134 valence electrons. The van der Waals surface area contributed by atoms with Crippen molar-refractivity contribution in [3.63, 3.8) is 0 Å². The molecule has 8 heteroatoms. The number of nitrogens with one attached hydrogen (secondary N) is 3. The Morgan fingerprint density at radius 3 is 2.68 bits per heavy atom. The van der Waals surface area contributed by atoms with E-state index in [1.54, 1.807) is 62.5 Å². The Morgan fingerprint density at radius 2 is 2.04 bits per heavy atom. The van der Waals surface area contributed by atoms with E-state index < -0.39 is 6.04 Å². The Bertz CT molecular complexity index is 729. The maximum atomic E-state index is 12.2. The van der Waals surface area contributed by atoms with Crippen LogP contribution in [0.15, 0.2) is 36.7 Å². The number of methoxy groups -OCH3 is 1. The normalized spacial score (nSPS) is 11.6. The minimum Gasteiger partial charge on any atom is -0.497 e. The van der Waals surface area contributed by atoms with Crippen molar-refractivity contribution in [1.29, 1.82) is 0 Å². The van der Waals surface area contributed by atoms with Gasteiger partial charge in [-0.2, -0.15) is 5.10 Å². The fourth-order valence-corrected chi connectivity index (χ4v) is 2.37. The Morgan fingerprint density at radius 1 is 1.28 bits per heavy atom. The smallest absolute Gasteiger partial charge is 0.251 e. The van der Waals surface area contributed by atoms with E-state index in [-0.39, 0.29) is 11.8 Å². The van der Waals surface area contributed by atoms with E-state index in [1.165, 1.54) is 0 Å². The van der Waals surface area contributed by atoms with Gasteiger partial charge in [0.05, 0.1) is 13.3 Å². The van der Waals surface area contributed by atoms with Crippen molar-refractivity contribution in [3.05, 3.63) is 47.8 Å². The second-order valence-corrected chi connectivity index (χ2v) is 5.45. The third-order valence-corrected chi connectivity index (χ3v) is 3.65. The molecule has 0 bridgehead atoms. The number of benzene rings is 1. The maximum absolute atomic E-state index is 12.2. The van der Waals surface area contributed by atoms with E-state index >= 15 is 0 Å². The SMILES string of the molecule is CNC(C(=O)NCCNC(=O)c1cccc(OC)c1)c1cnn(C)c1. The van der Waals surface area contributed by atoms with Gasteiger partial charge in [0.1, 0.15) is 11.8 Å². The number of aryl methyl sites for hydroxylation is 1. The molecule has 0 fully saturated rings. The summed E-state index contributed by atoms with van der Waals surface area (Å²) in [4.78, 5) is 24.3. The Labute approximate surface area is 146 Å². The fraction of sp³-hybridized carbons (Fsp3) is 0.353. The van der Waals surface area contributed by atoms with Gasteiger partial charge in [-0.25, -0.2) is 0 Å². The molecule has 0 saturated carbocycles. The zero-order valence-electron chi connectivity index (χ0n) is 14.6. The van der Waals surface area contributed by atoms with Gasteiger partial charge < -0.3 is 20.7 Å². The molecule has 0 aliphatic rings. The highest BCUT2D eigenvalue weighted by atomic mass is 16.5. The molecule has 2 amide bonds. The van der Waals surface area contributed by atoms with Crippen molar-refractivity contribution in [3.8, 4) is 5.75 Å². The molecule has 0 aliphatic heterocycles. The topological polar surface area (TPSA) is 97.3 Å². The first-order chi connectivity index (χ1) is 12.0. The summed E-state index contributed by atoms with van der Waals surface area (Å²) >= 11 is 0. The van der Waals surface area contributed by atoms with Crippen LogP contribution in [-0.4, -0.2) is 48.8 Å². The quantitative estimate of drug-likeness (QED) is 0.595. The average molecular weight is 345 g/mol. The van der Waals surface area contributed by atoms with Crippen molar-refractivity contribution in [2.24, 2.45) is 7.05 Å². The molecule has 0 saturated heterocycles. The third kappa shape index (κ3) is 5.05. The van der Waals surface area contributed by atoms with Crippen LogP contribution in [0.2, 0.25) is 0 Å². The molecule has 2 rings (SSSR count). The van der Waals surface area contributed by atoms with Gasteiger partial charge in [-0.05, 0) is 25.2 Å². The molecule has 0 spiro atoms. The summed E-state index contributed by atoms with van der Waals surface area (Å²) in [6.45, 7) is 0.651. The predicted molar refractivity (Wildman–Crippen MR) is 93.3 cm³/mol. The lowest BCUT2D eigenvalue weighted by Crippen LogP contribution is -2.40. The van der Waals surface area contributed by atoms with Gasteiger partial charge in [-0.1, -0.05) is 6.07 Å². The number of hydrogen-bond acceptors (Lipinski definition) is 5. The number of aromatic nitrogens is 2. The van der Waals surface area contributed by atoms with Crippen LogP contribution in [0, 0.1) is 0 Å². The van der Waals surface area contributed by atoms with E-state index in [2.05, 4.69) is 21.0 Å². The minimum absolute atomic E-state index is 0.175. The van der Waals surface area contributed by atoms with E-state index in [0.29, 0.717) is 24.4 Å². The van der Waals surface area contributed by atoms with Crippen LogP contribution in [0.3, 0.4) is 0 Å². The van der Waals surface area contributed by atoms with Crippen LogP contribution in [0.5, 0.6) is 5.75 Å². The zero-order chi connectivity index (χ0) is 18.2. The van der Waals surface area contributed by atoms with Crippen molar-refractivity contribution in [1.82, 2.24) is 25.7 Å². The second-order valence-electron chi connectivity index (χ2n) is 5.45. The molecule has 25 heavy (non-hydrogen) atoms. The fourth-order valence-electron chi connectivity index (χ4n) is 2.37. The Kier molecular flexibility index (Phi) is 6.53. The molecular weight excluding hydrogens is 322 g/mol. The summed E-state index contributed by atoms with van der Waals surface area (Å²) in [7, 11) is 5.05. The Balaban J connectivity index is 1.79. The molecule has 1 atom stereocenters. The summed E-state index contributed by atoms with van der Waals surface area (Å²) in [6, 6.07) is 6.40. The van der Waals surface area contributed by atoms with Crippen LogP contribution in [0.4, 0.5) is 0 Å². The molecule has 3 N–H and O–H groups in total. The maximum Gasteiger partial charge on any atom is 0.251 e. The van der Waals surface area contributed by atoms with Crippen LogP contribution in [0.25, 0.3) is 0 Å². The minimum atomic E-state index is -0.484. The van der Waals surface area contributed by atoms with Crippen LogP contribution < -0.4 is 20.7 Å². The van der Waals surface area contributed by atoms with Crippen molar-refractivity contribution < 1.29 is 14.3 Å².